The number of aryl methyl sites for hydroxylation is 2. The van der Waals surface area contributed by atoms with Gasteiger partial charge in [-0.05, 0) is 24.3 Å². The van der Waals surface area contributed by atoms with Gasteiger partial charge in [0.2, 0.25) is 0 Å². The Morgan fingerprint density at radius 3 is 2.94 bits per heavy atom. The van der Waals surface area contributed by atoms with E-state index >= 15 is 0 Å². The molecule has 0 N–H and O–H groups in total. The van der Waals surface area contributed by atoms with Gasteiger partial charge in [-0.1, -0.05) is 26.2 Å². The van der Waals surface area contributed by atoms with Crippen molar-refractivity contribution >= 4 is 21.6 Å². The van der Waals surface area contributed by atoms with Crippen LogP contribution in [0.2, 0.25) is 0 Å². The average Bonchev–Trinajstić information content (AvgIpc) is 2.70. The number of fused-ring (bicyclic) bond motifs is 1. The number of rotatable bonds is 5. The van der Waals surface area contributed by atoms with Gasteiger partial charge in [-0.15, -0.1) is 11.3 Å². The summed E-state index contributed by atoms with van der Waals surface area (Å²) in [5.74, 6) is 0. The summed E-state index contributed by atoms with van der Waals surface area (Å²) in [6.07, 6.45) is 6.39. The van der Waals surface area contributed by atoms with Gasteiger partial charge in [0.05, 0.1) is 11.8 Å². The number of nitrogens with zero attached hydrogens (tertiary/aromatic N) is 2. The molecule has 2 aromatic rings. The average molecular weight is 250 g/mol. The van der Waals surface area contributed by atoms with Crippen molar-refractivity contribution in [3.63, 3.8) is 0 Å². The monoisotopic (exact) mass is 250 g/mol. The Balaban J connectivity index is 2.18. The Morgan fingerprint density at radius 1 is 1.35 bits per heavy atom. The van der Waals surface area contributed by atoms with Crippen LogP contribution in [0.5, 0.6) is 0 Å². The number of hydrogen-bond acceptors (Lipinski definition) is 3. The first kappa shape index (κ1) is 12.3. The summed E-state index contributed by atoms with van der Waals surface area (Å²) in [5.41, 5.74) is 2.08. The Kier molecular flexibility index (Phi) is 3.94. The Hall–Kier alpha value is -1.16. The highest BCUT2D eigenvalue weighted by atomic mass is 32.1. The molecule has 17 heavy (non-hydrogen) atoms. The topological polar surface area (TPSA) is 34.9 Å². The Morgan fingerprint density at radius 2 is 2.18 bits per heavy atom. The van der Waals surface area contributed by atoms with Gasteiger partial charge in [0.1, 0.15) is 4.70 Å². The summed E-state index contributed by atoms with van der Waals surface area (Å²) in [6.45, 7) is 4.98. The zero-order valence-corrected chi connectivity index (χ0v) is 11.2. The van der Waals surface area contributed by atoms with Crippen LogP contribution in [-0.2, 0) is 6.54 Å². The van der Waals surface area contributed by atoms with Gasteiger partial charge in [-0.2, -0.15) is 0 Å². The lowest BCUT2D eigenvalue weighted by Crippen LogP contribution is -2.19. The van der Waals surface area contributed by atoms with E-state index in [-0.39, 0.29) is 5.56 Å². The van der Waals surface area contributed by atoms with E-state index < -0.39 is 0 Å². The third kappa shape index (κ3) is 2.57. The molecule has 0 spiro atoms. The van der Waals surface area contributed by atoms with Crippen molar-refractivity contribution in [3.05, 3.63) is 27.6 Å². The standard InChI is InChI=1S/C13H18N2OS/c1-3-4-5-6-7-15-9-14-11-10(2)8-17-12(11)13(15)16/h8-9H,3-7H2,1-2H3. The normalized spacial score (nSPS) is 11.2. The maximum Gasteiger partial charge on any atom is 0.271 e. The Bertz CT molecular complexity index is 556. The maximum atomic E-state index is 12.1. The highest BCUT2D eigenvalue weighted by molar-refractivity contribution is 7.17. The second-order valence-corrected chi connectivity index (χ2v) is 5.28. The van der Waals surface area contributed by atoms with Crippen LogP contribution in [0.25, 0.3) is 10.2 Å². The molecule has 0 atom stereocenters. The molecule has 0 amide bonds. The van der Waals surface area contributed by atoms with E-state index in [0.29, 0.717) is 0 Å². The van der Waals surface area contributed by atoms with E-state index in [2.05, 4.69) is 11.9 Å². The summed E-state index contributed by atoms with van der Waals surface area (Å²) in [5, 5.41) is 2.00. The van der Waals surface area contributed by atoms with Crippen molar-refractivity contribution < 1.29 is 0 Å². The fraction of sp³-hybridized carbons (Fsp3) is 0.538. The third-order valence-corrected chi connectivity index (χ3v) is 4.05. The second-order valence-electron chi connectivity index (χ2n) is 4.40. The smallest absolute Gasteiger partial charge is 0.271 e. The first-order valence-electron chi connectivity index (χ1n) is 6.17. The largest absolute Gasteiger partial charge is 0.298 e. The lowest BCUT2D eigenvalue weighted by molar-refractivity contribution is 0.568. The van der Waals surface area contributed by atoms with Crippen molar-refractivity contribution in [1.29, 1.82) is 0 Å². The van der Waals surface area contributed by atoms with Crippen LogP contribution >= 0.6 is 11.3 Å². The quantitative estimate of drug-likeness (QED) is 0.763. The third-order valence-electron chi connectivity index (χ3n) is 2.98. The molecule has 3 nitrogen and oxygen atoms in total. The molecular weight excluding hydrogens is 232 g/mol. The summed E-state index contributed by atoms with van der Waals surface area (Å²) in [6, 6.07) is 0. The van der Waals surface area contributed by atoms with E-state index in [1.807, 2.05) is 12.3 Å². The predicted molar refractivity (Wildman–Crippen MR) is 72.8 cm³/mol. The molecule has 2 aromatic heterocycles. The molecule has 0 aliphatic carbocycles. The number of aromatic nitrogens is 2. The maximum absolute atomic E-state index is 12.1. The van der Waals surface area contributed by atoms with Crippen molar-refractivity contribution in [1.82, 2.24) is 9.55 Å². The minimum Gasteiger partial charge on any atom is -0.298 e. The molecule has 2 heterocycles. The highest BCUT2D eigenvalue weighted by Gasteiger charge is 2.07. The van der Waals surface area contributed by atoms with E-state index in [4.69, 9.17) is 0 Å². The summed E-state index contributed by atoms with van der Waals surface area (Å²) in [4.78, 5) is 16.5. The molecule has 92 valence electrons. The van der Waals surface area contributed by atoms with Crippen molar-refractivity contribution in [2.75, 3.05) is 0 Å². The van der Waals surface area contributed by atoms with Gasteiger partial charge in [0, 0.05) is 6.54 Å². The van der Waals surface area contributed by atoms with Gasteiger partial charge < -0.3 is 0 Å². The van der Waals surface area contributed by atoms with Gasteiger partial charge in [0.25, 0.3) is 5.56 Å². The zero-order valence-electron chi connectivity index (χ0n) is 10.4. The predicted octanol–water partition coefficient (Wildman–Crippen LogP) is 3.35. The fourth-order valence-corrected chi connectivity index (χ4v) is 2.88. The van der Waals surface area contributed by atoms with E-state index in [1.165, 1.54) is 30.6 Å². The lowest BCUT2D eigenvalue weighted by atomic mass is 10.2. The van der Waals surface area contributed by atoms with Crippen LogP contribution in [-0.4, -0.2) is 9.55 Å². The van der Waals surface area contributed by atoms with Crippen LogP contribution in [0.3, 0.4) is 0 Å². The van der Waals surface area contributed by atoms with Crippen molar-refractivity contribution in [2.24, 2.45) is 0 Å². The van der Waals surface area contributed by atoms with Gasteiger partial charge >= 0.3 is 0 Å². The molecule has 2 rings (SSSR count). The minimum atomic E-state index is 0.115. The molecule has 0 aliphatic heterocycles. The van der Waals surface area contributed by atoms with Crippen LogP contribution in [0.1, 0.15) is 38.2 Å². The van der Waals surface area contributed by atoms with Crippen LogP contribution < -0.4 is 5.56 Å². The highest BCUT2D eigenvalue weighted by Crippen LogP contribution is 2.19. The van der Waals surface area contributed by atoms with E-state index in [0.717, 1.165) is 28.7 Å². The van der Waals surface area contributed by atoms with Crippen molar-refractivity contribution in [3.8, 4) is 0 Å². The van der Waals surface area contributed by atoms with Crippen molar-refractivity contribution in [2.45, 2.75) is 46.1 Å². The lowest BCUT2D eigenvalue weighted by Gasteiger charge is -2.04. The number of unbranched alkanes of at least 4 members (excludes halogenated alkanes) is 3. The number of thiophene rings is 1. The number of hydrogen-bond donors (Lipinski definition) is 0. The summed E-state index contributed by atoms with van der Waals surface area (Å²) < 4.78 is 2.54. The molecule has 0 fully saturated rings. The molecule has 0 aromatic carbocycles. The Labute approximate surface area is 105 Å². The molecule has 0 aliphatic rings. The zero-order chi connectivity index (χ0) is 12.3. The summed E-state index contributed by atoms with van der Waals surface area (Å²) in [7, 11) is 0. The van der Waals surface area contributed by atoms with Gasteiger partial charge in [-0.3, -0.25) is 9.36 Å². The molecule has 4 heteroatoms. The van der Waals surface area contributed by atoms with E-state index in [9.17, 15) is 4.79 Å². The summed E-state index contributed by atoms with van der Waals surface area (Å²) >= 11 is 1.50. The first-order valence-corrected chi connectivity index (χ1v) is 7.05. The van der Waals surface area contributed by atoms with E-state index in [1.54, 1.807) is 10.9 Å². The molecular formula is C13H18N2OS. The second kappa shape index (κ2) is 5.45. The molecule has 0 saturated heterocycles. The molecule has 0 unspecified atom stereocenters. The van der Waals surface area contributed by atoms with Gasteiger partial charge in [0.15, 0.2) is 0 Å². The SMILES string of the molecule is CCCCCCn1cnc2c(C)csc2c1=O. The van der Waals surface area contributed by atoms with Crippen LogP contribution in [0.15, 0.2) is 16.5 Å². The first-order chi connectivity index (χ1) is 8.24. The molecule has 0 saturated carbocycles. The minimum absolute atomic E-state index is 0.115. The fourth-order valence-electron chi connectivity index (χ4n) is 1.93. The molecule has 0 bridgehead atoms. The molecule has 0 radical (unpaired) electrons. The van der Waals surface area contributed by atoms with Crippen LogP contribution in [0, 0.1) is 6.92 Å². The van der Waals surface area contributed by atoms with Crippen LogP contribution in [0.4, 0.5) is 0 Å². The van der Waals surface area contributed by atoms with Gasteiger partial charge in [-0.25, -0.2) is 4.98 Å².